The SMILES string of the molecule is Cc1ccc(S(=O)(=O)Oc2ccc3c(c2)O/C(=C\c2ccc(Br)cc2)C3=O)cc1. The number of hydrogen-bond donors (Lipinski definition) is 0. The molecule has 5 nitrogen and oxygen atoms in total. The van der Waals surface area contributed by atoms with Gasteiger partial charge in [0, 0.05) is 10.5 Å². The van der Waals surface area contributed by atoms with E-state index in [0.29, 0.717) is 5.56 Å². The molecule has 3 aromatic carbocycles. The van der Waals surface area contributed by atoms with Crippen molar-refractivity contribution < 1.29 is 22.1 Å². The number of fused-ring (bicyclic) bond motifs is 1. The molecule has 0 amide bonds. The van der Waals surface area contributed by atoms with E-state index in [1.54, 1.807) is 18.2 Å². The fraction of sp³-hybridized carbons (Fsp3) is 0.0455. The Hall–Kier alpha value is -2.90. The molecule has 7 heteroatoms. The third-order valence-corrected chi connectivity index (χ3v) is 6.11. The zero-order valence-corrected chi connectivity index (χ0v) is 17.7. The molecule has 1 aliphatic rings. The highest BCUT2D eigenvalue weighted by atomic mass is 79.9. The van der Waals surface area contributed by atoms with Crippen LogP contribution in [0.3, 0.4) is 0 Å². The topological polar surface area (TPSA) is 69.7 Å². The van der Waals surface area contributed by atoms with Crippen LogP contribution in [0.1, 0.15) is 21.5 Å². The Kier molecular flexibility index (Phi) is 5.02. The largest absolute Gasteiger partial charge is 0.452 e. The van der Waals surface area contributed by atoms with Crippen molar-refractivity contribution in [2.75, 3.05) is 0 Å². The Balaban J connectivity index is 1.59. The highest BCUT2D eigenvalue weighted by Gasteiger charge is 2.28. The average Bonchev–Trinajstić information content (AvgIpc) is 2.98. The van der Waals surface area contributed by atoms with Crippen molar-refractivity contribution in [3.05, 3.63) is 93.7 Å². The summed E-state index contributed by atoms with van der Waals surface area (Å²) in [7, 11) is -3.99. The van der Waals surface area contributed by atoms with Crippen LogP contribution in [0.2, 0.25) is 0 Å². The molecule has 4 rings (SSSR count). The van der Waals surface area contributed by atoms with Gasteiger partial charge in [-0.1, -0.05) is 45.8 Å². The predicted octanol–water partition coefficient (Wildman–Crippen LogP) is 5.14. The van der Waals surface area contributed by atoms with Crippen molar-refractivity contribution in [3.63, 3.8) is 0 Å². The molecule has 0 aromatic heterocycles. The summed E-state index contributed by atoms with van der Waals surface area (Å²) in [5.41, 5.74) is 2.11. The summed E-state index contributed by atoms with van der Waals surface area (Å²) in [4.78, 5) is 12.6. The van der Waals surface area contributed by atoms with E-state index in [4.69, 9.17) is 8.92 Å². The number of carbonyl (C=O) groups excluding carboxylic acids is 1. The molecular weight excluding hydrogens is 456 g/mol. The number of Topliss-reactive ketones (excluding diaryl/α,β-unsaturated/α-hetero) is 1. The first-order chi connectivity index (χ1) is 13.8. The molecule has 0 radical (unpaired) electrons. The summed E-state index contributed by atoms with van der Waals surface area (Å²) in [5.74, 6) is 0.230. The molecule has 0 N–H and O–H groups in total. The molecule has 29 heavy (non-hydrogen) atoms. The number of ketones is 1. The Bertz CT molecular complexity index is 1230. The maximum Gasteiger partial charge on any atom is 0.339 e. The molecule has 1 heterocycles. The zero-order chi connectivity index (χ0) is 20.6. The van der Waals surface area contributed by atoms with Gasteiger partial charge in [-0.3, -0.25) is 4.79 Å². The second-order valence-corrected chi connectivity index (χ2v) is 8.96. The summed E-state index contributed by atoms with van der Waals surface area (Å²) in [5, 5.41) is 0. The number of hydrogen-bond acceptors (Lipinski definition) is 5. The minimum absolute atomic E-state index is 0.0522. The van der Waals surface area contributed by atoms with Crippen LogP contribution in [0.5, 0.6) is 11.5 Å². The minimum Gasteiger partial charge on any atom is -0.452 e. The maximum atomic E-state index is 12.6. The lowest BCUT2D eigenvalue weighted by molar-refractivity contribution is 0.101. The van der Waals surface area contributed by atoms with E-state index < -0.39 is 10.1 Å². The van der Waals surface area contributed by atoms with Crippen molar-refractivity contribution in [1.29, 1.82) is 0 Å². The first kappa shape index (κ1) is 19.4. The zero-order valence-electron chi connectivity index (χ0n) is 15.3. The Labute approximate surface area is 176 Å². The number of rotatable bonds is 4. The third kappa shape index (κ3) is 4.11. The first-order valence-electron chi connectivity index (χ1n) is 8.67. The van der Waals surface area contributed by atoms with Gasteiger partial charge in [0.05, 0.1) is 5.56 Å². The van der Waals surface area contributed by atoms with Crippen molar-refractivity contribution in [2.45, 2.75) is 11.8 Å². The second-order valence-electron chi connectivity index (χ2n) is 6.50. The Morgan fingerprint density at radius 1 is 0.966 bits per heavy atom. The van der Waals surface area contributed by atoms with Crippen molar-refractivity contribution in [3.8, 4) is 11.5 Å². The molecule has 0 atom stereocenters. The van der Waals surface area contributed by atoms with Crippen LogP contribution in [0.15, 0.2) is 81.9 Å². The van der Waals surface area contributed by atoms with Gasteiger partial charge in [0.25, 0.3) is 0 Å². The van der Waals surface area contributed by atoms with Crippen molar-refractivity contribution in [1.82, 2.24) is 0 Å². The third-order valence-electron chi connectivity index (χ3n) is 4.32. The first-order valence-corrected chi connectivity index (χ1v) is 10.9. The van der Waals surface area contributed by atoms with Gasteiger partial charge in [-0.2, -0.15) is 8.42 Å². The number of halogens is 1. The molecular formula is C22H15BrO5S. The van der Waals surface area contributed by atoms with E-state index in [1.807, 2.05) is 31.2 Å². The molecule has 146 valence electrons. The summed E-state index contributed by atoms with van der Waals surface area (Å²) in [6.07, 6.45) is 1.64. The van der Waals surface area contributed by atoms with Gasteiger partial charge in [0.15, 0.2) is 5.76 Å². The Morgan fingerprint density at radius 3 is 2.34 bits per heavy atom. The number of carbonyl (C=O) groups is 1. The normalized spacial score (nSPS) is 14.6. The van der Waals surface area contributed by atoms with Gasteiger partial charge >= 0.3 is 10.1 Å². The maximum absolute atomic E-state index is 12.6. The van der Waals surface area contributed by atoms with Gasteiger partial charge in [0.2, 0.25) is 5.78 Å². The van der Waals surface area contributed by atoms with Crippen LogP contribution in [-0.4, -0.2) is 14.2 Å². The smallest absolute Gasteiger partial charge is 0.339 e. The summed E-state index contributed by atoms with van der Waals surface area (Å²) in [6.45, 7) is 1.87. The minimum atomic E-state index is -3.99. The van der Waals surface area contributed by atoms with Gasteiger partial charge in [-0.05, 0) is 55.0 Å². The average molecular weight is 471 g/mol. The number of ether oxygens (including phenoxy) is 1. The van der Waals surface area contributed by atoms with E-state index >= 15 is 0 Å². The highest BCUT2D eigenvalue weighted by molar-refractivity contribution is 9.10. The number of allylic oxidation sites excluding steroid dienone is 1. The van der Waals surface area contributed by atoms with E-state index in [2.05, 4.69) is 15.9 Å². The molecule has 3 aromatic rings. The molecule has 0 unspecified atom stereocenters. The van der Waals surface area contributed by atoms with Crippen LogP contribution >= 0.6 is 15.9 Å². The molecule has 0 fully saturated rings. The van der Waals surface area contributed by atoms with Crippen LogP contribution in [0, 0.1) is 6.92 Å². The van der Waals surface area contributed by atoms with Gasteiger partial charge in [-0.15, -0.1) is 0 Å². The van der Waals surface area contributed by atoms with Crippen LogP contribution < -0.4 is 8.92 Å². The van der Waals surface area contributed by atoms with Gasteiger partial charge < -0.3 is 8.92 Å². The number of aryl methyl sites for hydroxylation is 1. The fourth-order valence-corrected chi connectivity index (χ4v) is 4.00. The van der Waals surface area contributed by atoms with Crippen molar-refractivity contribution in [2.24, 2.45) is 0 Å². The standard InChI is InChI=1S/C22H15BrO5S/c1-14-2-9-18(10-3-14)29(25,26)28-17-8-11-19-20(13-17)27-21(22(19)24)12-15-4-6-16(23)7-5-15/h2-13H,1H3/b21-12-. The van der Waals surface area contributed by atoms with Crippen LogP contribution in [0.4, 0.5) is 0 Å². The lowest BCUT2D eigenvalue weighted by atomic mass is 10.1. The molecule has 0 saturated heterocycles. The highest BCUT2D eigenvalue weighted by Crippen LogP contribution is 2.35. The second kappa shape index (κ2) is 7.50. The fourth-order valence-electron chi connectivity index (χ4n) is 2.81. The van der Waals surface area contributed by atoms with E-state index in [0.717, 1.165) is 15.6 Å². The summed E-state index contributed by atoms with van der Waals surface area (Å²) >= 11 is 3.36. The Morgan fingerprint density at radius 2 is 1.66 bits per heavy atom. The summed E-state index contributed by atoms with van der Waals surface area (Å²) < 4.78 is 36.7. The van der Waals surface area contributed by atoms with Crippen molar-refractivity contribution >= 4 is 37.9 Å². The van der Waals surface area contributed by atoms with Crippen LogP contribution in [0.25, 0.3) is 6.08 Å². The van der Waals surface area contributed by atoms with E-state index in [-0.39, 0.29) is 27.9 Å². The molecule has 0 spiro atoms. The molecule has 0 aliphatic carbocycles. The van der Waals surface area contributed by atoms with E-state index in [1.165, 1.54) is 30.3 Å². The van der Waals surface area contributed by atoms with E-state index in [9.17, 15) is 13.2 Å². The lowest BCUT2D eigenvalue weighted by Crippen LogP contribution is -2.09. The van der Waals surface area contributed by atoms with Crippen LogP contribution in [-0.2, 0) is 10.1 Å². The predicted molar refractivity (Wildman–Crippen MR) is 113 cm³/mol. The lowest BCUT2D eigenvalue weighted by Gasteiger charge is -2.08. The van der Waals surface area contributed by atoms with Gasteiger partial charge in [-0.25, -0.2) is 0 Å². The quantitative estimate of drug-likeness (QED) is 0.389. The number of benzene rings is 3. The summed E-state index contributed by atoms with van der Waals surface area (Å²) in [6, 6.07) is 18.1. The molecule has 0 bridgehead atoms. The molecule has 0 saturated carbocycles. The molecule has 1 aliphatic heterocycles. The van der Waals surface area contributed by atoms with Gasteiger partial charge in [0.1, 0.15) is 16.4 Å². The monoisotopic (exact) mass is 470 g/mol.